The summed E-state index contributed by atoms with van der Waals surface area (Å²) < 4.78 is 0. The Bertz CT molecular complexity index is 810. The number of rotatable bonds is 1. The number of nitrogen functional groups attached to an aromatic ring is 1. The molecule has 0 radical (unpaired) electrons. The van der Waals surface area contributed by atoms with E-state index in [1.807, 2.05) is 24.5 Å². The number of nitrogens with zero attached hydrogens (tertiary/aromatic N) is 2. The molecule has 0 saturated carbocycles. The van der Waals surface area contributed by atoms with Crippen LogP contribution in [0.1, 0.15) is 22.3 Å². The number of hydrogen-bond donors (Lipinski definition) is 1. The molecule has 20 heavy (non-hydrogen) atoms. The van der Waals surface area contributed by atoms with E-state index >= 15 is 0 Å². The normalized spacial score (nSPS) is 11.3. The van der Waals surface area contributed by atoms with Crippen LogP contribution in [0.4, 0.5) is 5.69 Å². The zero-order chi connectivity index (χ0) is 14.3. The second-order valence-corrected chi connectivity index (χ2v) is 5.42. The predicted molar refractivity (Wildman–Crippen MR) is 80.3 cm³/mol. The van der Waals surface area contributed by atoms with Crippen molar-refractivity contribution in [3.8, 4) is 23.3 Å². The van der Waals surface area contributed by atoms with Gasteiger partial charge in [-0.2, -0.15) is 10.5 Å². The van der Waals surface area contributed by atoms with E-state index < -0.39 is 0 Å². The summed E-state index contributed by atoms with van der Waals surface area (Å²) in [6.45, 7) is 0. The lowest BCUT2D eigenvalue weighted by molar-refractivity contribution is 1.17. The van der Waals surface area contributed by atoms with Gasteiger partial charge in [0.15, 0.2) is 0 Å². The highest BCUT2D eigenvalue weighted by molar-refractivity contribution is 7.98. The number of fused-ring (bicyclic) bond motifs is 3. The number of anilines is 1. The van der Waals surface area contributed by atoms with Gasteiger partial charge in [0.05, 0.1) is 16.8 Å². The Labute approximate surface area is 121 Å². The van der Waals surface area contributed by atoms with Gasteiger partial charge in [0, 0.05) is 10.5 Å². The van der Waals surface area contributed by atoms with Crippen LogP contribution in [0.2, 0.25) is 0 Å². The molecule has 2 aromatic carbocycles. The Balaban J connectivity index is 2.47. The zero-order valence-electron chi connectivity index (χ0n) is 10.9. The molecule has 3 nitrogen and oxygen atoms in total. The zero-order valence-corrected chi connectivity index (χ0v) is 11.7. The van der Waals surface area contributed by atoms with Crippen LogP contribution < -0.4 is 5.73 Å². The fourth-order valence-corrected chi connectivity index (χ4v) is 3.60. The highest BCUT2D eigenvalue weighted by Crippen LogP contribution is 2.46. The Morgan fingerprint density at radius 2 is 1.85 bits per heavy atom. The van der Waals surface area contributed by atoms with Crippen LogP contribution in [-0.2, 0) is 6.42 Å². The first-order valence-electron chi connectivity index (χ1n) is 6.13. The van der Waals surface area contributed by atoms with E-state index in [4.69, 9.17) is 5.73 Å². The SMILES string of the molecule is CSc1c(C#N)c(N)c(C#N)c2c1Cc1ccccc1-2. The van der Waals surface area contributed by atoms with E-state index in [1.54, 1.807) is 0 Å². The summed E-state index contributed by atoms with van der Waals surface area (Å²) in [7, 11) is 0. The van der Waals surface area contributed by atoms with Crippen molar-refractivity contribution in [3.63, 3.8) is 0 Å². The second kappa shape index (κ2) is 4.59. The van der Waals surface area contributed by atoms with E-state index in [2.05, 4.69) is 18.2 Å². The number of hydrogen-bond acceptors (Lipinski definition) is 4. The number of benzene rings is 2. The summed E-state index contributed by atoms with van der Waals surface area (Å²) in [6.07, 6.45) is 2.69. The lowest BCUT2D eigenvalue weighted by Crippen LogP contribution is -2.02. The summed E-state index contributed by atoms with van der Waals surface area (Å²) in [5, 5.41) is 18.8. The van der Waals surface area contributed by atoms with Crippen molar-refractivity contribution in [1.82, 2.24) is 0 Å². The minimum absolute atomic E-state index is 0.301. The molecule has 1 aliphatic rings. The topological polar surface area (TPSA) is 73.6 Å². The lowest BCUT2D eigenvalue weighted by atomic mass is 9.95. The van der Waals surface area contributed by atoms with Gasteiger partial charge in [0.1, 0.15) is 12.1 Å². The number of nitriles is 2. The summed E-state index contributed by atoms with van der Waals surface area (Å²) in [4.78, 5) is 0.898. The molecule has 2 N–H and O–H groups in total. The van der Waals surface area contributed by atoms with Crippen LogP contribution in [0, 0.1) is 22.7 Å². The van der Waals surface area contributed by atoms with Gasteiger partial charge in [-0.15, -0.1) is 11.8 Å². The largest absolute Gasteiger partial charge is 0.397 e. The Morgan fingerprint density at radius 1 is 1.15 bits per heavy atom. The smallest absolute Gasteiger partial charge is 0.103 e. The molecule has 0 fully saturated rings. The molecule has 0 aliphatic heterocycles. The standard InChI is InChI=1S/C16H11N3S/c1-20-16-11-6-9-4-2-3-5-10(9)14(11)12(7-17)15(19)13(16)8-18/h2-5H,6,19H2,1H3. The van der Waals surface area contributed by atoms with Gasteiger partial charge in [-0.3, -0.25) is 0 Å². The molecular formula is C16H11N3S. The van der Waals surface area contributed by atoms with E-state index in [0.717, 1.165) is 28.0 Å². The molecule has 0 aromatic heterocycles. The van der Waals surface area contributed by atoms with Crippen molar-refractivity contribution in [1.29, 1.82) is 10.5 Å². The van der Waals surface area contributed by atoms with Crippen molar-refractivity contribution in [3.05, 3.63) is 46.5 Å². The van der Waals surface area contributed by atoms with Crippen molar-refractivity contribution in [2.45, 2.75) is 11.3 Å². The number of nitrogens with two attached hydrogens (primary N) is 1. The molecule has 0 unspecified atom stereocenters. The molecule has 3 rings (SSSR count). The first-order valence-corrected chi connectivity index (χ1v) is 7.36. The van der Waals surface area contributed by atoms with Crippen molar-refractivity contribution >= 4 is 17.4 Å². The predicted octanol–water partition coefficient (Wildman–Crippen LogP) is 3.31. The fraction of sp³-hybridized carbons (Fsp3) is 0.125. The van der Waals surface area contributed by atoms with E-state index in [9.17, 15) is 10.5 Å². The molecule has 0 atom stereocenters. The van der Waals surface area contributed by atoms with Crippen molar-refractivity contribution < 1.29 is 0 Å². The quantitative estimate of drug-likeness (QED) is 0.547. The van der Waals surface area contributed by atoms with Gasteiger partial charge >= 0.3 is 0 Å². The van der Waals surface area contributed by atoms with E-state index in [0.29, 0.717) is 16.8 Å². The second-order valence-electron chi connectivity index (χ2n) is 4.61. The van der Waals surface area contributed by atoms with Crippen LogP contribution in [-0.4, -0.2) is 6.26 Å². The average Bonchev–Trinajstić information content (AvgIpc) is 2.85. The van der Waals surface area contributed by atoms with Gasteiger partial charge in [0.25, 0.3) is 0 Å². The highest BCUT2D eigenvalue weighted by Gasteiger charge is 2.28. The minimum atomic E-state index is 0.301. The maximum Gasteiger partial charge on any atom is 0.103 e. The fourth-order valence-electron chi connectivity index (χ4n) is 2.82. The monoisotopic (exact) mass is 277 g/mol. The third-order valence-electron chi connectivity index (χ3n) is 3.67. The van der Waals surface area contributed by atoms with E-state index in [-0.39, 0.29) is 0 Å². The minimum Gasteiger partial charge on any atom is -0.397 e. The average molecular weight is 277 g/mol. The lowest BCUT2D eigenvalue weighted by Gasteiger charge is -2.13. The molecule has 0 bridgehead atoms. The number of thioether (sulfide) groups is 1. The molecule has 4 heteroatoms. The molecule has 0 heterocycles. The van der Waals surface area contributed by atoms with Crippen molar-refractivity contribution in [2.24, 2.45) is 0 Å². The van der Waals surface area contributed by atoms with E-state index in [1.165, 1.54) is 17.3 Å². The molecule has 0 spiro atoms. The Hall–Kier alpha value is -2.43. The van der Waals surface area contributed by atoms with Crippen LogP contribution >= 0.6 is 11.8 Å². The van der Waals surface area contributed by atoms with Gasteiger partial charge < -0.3 is 5.73 Å². The summed E-state index contributed by atoms with van der Waals surface area (Å²) in [6, 6.07) is 12.3. The first-order chi connectivity index (χ1) is 9.72. The molecule has 96 valence electrons. The Morgan fingerprint density at radius 3 is 2.50 bits per heavy atom. The van der Waals surface area contributed by atoms with Gasteiger partial charge in [-0.05, 0) is 29.4 Å². The maximum absolute atomic E-state index is 9.45. The summed E-state index contributed by atoms with van der Waals surface area (Å²) in [5.74, 6) is 0. The third-order valence-corrected chi connectivity index (χ3v) is 4.53. The summed E-state index contributed by atoms with van der Waals surface area (Å²) >= 11 is 1.52. The Kier molecular flexibility index (Phi) is 2.89. The molecular weight excluding hydrogens is 266 g/mol. The van der Waals surface area contributed by atoms with Crippen LogP contribution in [0.25, 0.3) is 11.1 Å². The van der Waals surface area contributed by atoms with Crippen LogP contribution in [0.3, 0.4) is 0 Å². The molecule has 2 aromatic rings. The first kappa shape index (κ1) is 12.6. The summed E-state index contributed by atoms with van der Waals surface area (Å²) in [5.41, 5.74) is 11.4. The van der Waals surface area contributed by atoms with Gasteiger partial charge in [0.2, 0.25) is 0 Å². The highest BCUT2D eigenvalue weighted by atomic mass is 32.2. The van der Waals surface area contributed by atoms with Crippen LogP contribution in [0.15, 0.2) is 29.2 Å². The van der Waals surface area contributed by atoms with Gasteiger partial charge in [-0.1, -0.05) is 24.3 Å². The maximum atomic E-state index is 9.45. The van der Waals surface area contributed by atoms with Crippen molar-refractivity contribution in [2.75, 3.05) is 12.0 Å². The molecule has 1 aliphatic carbocycles. The molecule has 0 saturated heterocycles. The molecule has 0 amide bonds. The van der Waals surface area contributed by atoms with Crippen LogP contribution in [0.5, 0.6) is 0 Å². The van der Waals surface area contributed by atoms with Gasteiger partial charge in [-0.25, -0.2) is 0 Å². The third kappa shape index (κ3) is 1.52.